The summed E-state index contributed by atoms with van der Waals surface area (Å²) in [7, 11) is 0. The molecule has 2 heterocycles. The number of aromatic nitrogens is 1. The van der Waals surface area contributed by atoms with Gasteiger partial charge in [-0.2, -0.15) is 0 Å². The third-order valence-corrected chi connectivity index (χ3v) is 3.96. The van der Waals surface area contributed by atoms with Crippen molar-refractivity contribution in [1.29, 1.82) is 0 Å². The van der Waals surface area contributed by atoms with Crippen molar-refractivity contribution in [3.05, 3.63) is 59.0 Å². The van der Waals surface area contributed by atoms with E-state index >= 15 is 0 Å². The molecule has 0 aliphatic rings. The SMILES string of the molecule is Cc1oc(-c2cccs2)nc1CC(=O)Nc1ccccc1F. The number of amides is 1. The first-order valence-electron chi connectivity index (χ1n) is 6.68. The Balaban J connectivity index is 1.73. The Hall–Kier alpha value is -2.47. The van der Waals surface area contributed by atoms with Gasteiger partial charge in [-0.25, -0.2) is 9.37 Å². The molecule has 3 rings (SSSR count). The topological polar surface area (TPSA) is 55.1 Å². The standard InChI is InChI=1S/C16H13FN2O2S/c1-10-13(19-16(21-10)14-7-4-8-22-14)9-15(20)18-12-6-3-2-5-11(12)17/h2-8H,9H2,1H3,(H,18,20). The van der Waals surface area contributed by atoms with Crippen molar-refractivity contribution >= 4 is 22.9 Å². The van der Waals surface area contributed by atoms with Crippen molar-refractivity contribution in [3.63, 3.8) is 0 Å². The number of benzene rings is 1. The maximum absolute atomic E-state index is 13.5. The van der Waals surface area contributed by atoms with Crippen molar-refractivity contribution in [2.45, 2.75) is 13.3 Å². The smallest absolute Gasteiger partial charge is 0.236 e. The van der Waals surface area contributed by atoms with E-state index < -0.39 is 5.82 Å². The Morgan fingerprint density at radius 1 is 1.32 bits per heavy atom. The lowest BCUT2D eigenvalue weighted by Crippen LogP contribution is -2.16. The summed E-state index contributed by atoms with van der Waals surface area (Å²) in [6.07, 6.45) is 0.0367. The largest absolute Gasteiger partial charge is 0.440 e. The summed E-state index contributed by atoms with van der Waals surface area (Å²) in [4.78, 5) is 17.3. The molecule has 0 aliphatic heterocycles. The highest BCUT2D eigenvalue weighted by atomic mass is 32.1. The number of para-hydroxylation sites is 1. The molecular formula is C16H13FN2O2S. The van der Waals surface area contributed by atoms with Crippen LogP contribution < -0.4 is 5.32 Å². The highest BCUT2D eigenvalue weighted by Crippen LogP contribution is 2.26. The molecule has 0 bridgehead atoms. The second kappa shape index (κ2) is 6.11. The van der Waals surface area contributed by atoms with Crippen LogP contribution >= 0.6 is 11.3 Å². The lowest BCUT2D eigenvalue weighted by atomic mass is 10.2. The first-order valence-corrected chi connectivity index (χ1v) is 7.56. The molecule has 1 aromatic carbocycles. The molecule has 3 aromatic rings. The minimum absolute atomic E-state index is 0.0367. The third kappa shape index (κ3) is 3.07. The van der Waals surface area contributed by atoms with Gasteiger partial charge in [0.25, 0.3) is 0 Å². The zero-order valence-corrected chi connectivity index (χ0v) is 12.6. The predicted octanol–water partition coefficient (Wildman–Crippen LogP) is 4.03. The van der Waals surface area contributed by atoms with Gasteiger partial charge < -0.3 is 9.73 Å². The fourth-order valence-corrected chi connectivity index (χ4v) is 2.66. The fourth-order valence-electron chi connectivity index (χ4n) is 2.01. The van der Waals surface area contributed by atoms with Gasteiger partial charge >= 0.3 is 0 Å². The highest BCUT2D eigenvalue weighted by molar-refractivity contribution is 7.13. The van der Waals surface area contributed by atoms with Crippen molar-refractivity contribution in [3.8, 4) is 10.8 Å². The minimum atomic E-state index is -0.466. The summed E-state index contributed by atoms with van der Waals surface area (Å²) >= 11 is 1.52. The van der Waals surface area contributed by atoms with Gasteiger partial charge in [-0.1, -0.05) is 18.2 Å². The average Bonchev–Trinajstić information content (AvgIpc) is 3.12. The maximum Gasteiger partial charge on any atom is 0.236 e. The van der Waals surface area contributed by atoms with Gasteiger partial charge in [0.2, 0.25) is 11.8 Å². The van der Waals surface area contributed by atoms with E-state index in [4.69, 9.17) is 4.42 Å². The molecule has 1 N–H and O–H groups in total. The molecule has 0 atom stereocenters. The van der Waals surface area contributed by atoms with Crippen LogP contribution in [-0.2, 0) is 11.2 Å². The van der Waals surface area contributed by atoms with E-state index in [-0.39, 0.29) is 18.0 Å². The van der Waals surface area contributed by atoms with E-state index in [1.807, 2.05) is 17.5 Å². The molecule has 0 radical (unpaired) electrons. The molecule has 6 heteroatoms. The number of rotatable bonds is 4. The summed E-state index contributed by atoms with van der Waals surface area (Å²) in [6.45, 7) is 1.76. The number of nitrogens with one attached hydrogen (secondary N) is 1. The highest BCUT2D eigenvalue weighted by Gasteiger charge is 2.16. The van der Waals surface area contributed by atoms with Gasteiger partial charge in [0.15, 0.2) is 0 Å². The van der Waals surface area contributed by atoms with Crippen LogP contribution in [0.4, 0.5) is 10.1 Å². The summed E-state index contributed by atoms with van der Waals surface area (Å²) in [5.74, 6) is 0.291. The number of hydrogen-bond acceptors (Lipinski definition) is 4. The zero-order valence-electron chi connectivity index (χ0n) is 11.8. The molecule has 1 amide bonds. The van der Waals surface area contributed by atoms with Gasteiger partial charge in [0.1, 0.15) is 11.6 Å². The summed E-state index contributed by atoms with van der Waals surface area (Å²) in [6, 6.07) is 9.85. The van der Waals surface area contributed by atoms with E-state index in [1.54, 1.807) is 19.1 Å². The molecular weight excluding hydrogens is 303 g/mol. The van der Waals surface area contributed by atoms with Crippen molar-refractivity contribution < 1.29 is 13.6 Å². The van der Waals surface area contributed by atoms with Crippen LogP contribution in [0, 0.1) is 12.7 Å². The molecule has 2 aromatic heterocycles. The Labute approximate surface area is 130 Å². The molecule has 0 spiro atoms. The second-order valence-corrected chi connectivity index (χ2v) is 5.65. The predicted molar refractivity (Wildman–Crippen MR) is 83.3 cm³/mol. The lowest BCUT2D eigenvalue weighted by molar-refractivity contribution is -0.115. The maximum atomic E-state index is 13.5. The lowest BCUT2D eigenvalue weighted by Gasteiger charge is -2.04. The first kappa shape index (κ1) is 14.5. The van der Waals surface area contributed by atoms with Gasteiger partial charge in [-0.3, -0.25) is 4.79 Å². The number of aryl methyl sites for hydroxylation is 1. The van der Waals surface area contributed by atoms with Crippen LogP contribution in [0.1, 0.15) is 11.5 Å². The molecule has 112 valence electrons. The van der Waals surface area contributed by atoms with E-state index in [0.29, 0.717) is 17.3 Å². The van der Waals surface area contributed by atoms with Crippen molar-refractivity contribution in [1.82, 2.24) is 4.98 Å². The molecule has 0 unspecified atom stereocenters. The number of carbonyl (C=O) groups is 1. The number of halogens is 1. The van der Waals surface area contributed by atoms with Crippen molar-refractivity contribution in [2.24, 2.45) is 0 Å². The number of thiophene rings is 1. The normalized spacial score (nSPS) is 10.6. The molecule has 22 heavy (non-hydrogen) atoms. The Bertz CT molecular complexity index is 796. The van der Waals surface area contributed by atoms with E-state index in [0.717, 1.165) is 4.88 Å². The molecule has 4 nitrogen and oxygen atoms in total. The van der Waals surface area contributed by atoms with Crippen LogP contribution in [0.25, 0.3) is 10.8 Å². The monoisotopic (exact) mass is 316 g/mol. The number of hydrogen-bond donors (Lipinski definition) is 1. The Kier molecular flexibility index (Phi) is 4.02. The Morgan fingerprint density at radius 2 is 2.14 bits per heavy atom. The van der Waals surface area contributed by atoms with Gasteiger partial charge in [0, 0.05) is 0 Å². The number of nitrogens with zero attached hydrogens (tertiary/aromatic N) is 1. The van der Waals surface area contributed by atoms with Gasteiger partial charge in [0.05, 0.1) is 22.7 Å². The van der Waals surface area contributed by atoms with Crippen LogP contribution in [0.2, 0.25) is 0 Å². The second-order valence-electron chi connectivity index (χ2n) is 4.70. The number of anilines is 1. The average molecular weight is 316 g/mol. The quantitative estimate of drug-likeness (QED) is 0.790. The number of carbonyl (C=O) groups excluding carboxylic acids is 1. The molecule has 0 fully saturated rings. The fraction of sp³-hybridized carbons (Fsp3) is 0.125. The van der Waals surface area contributed by atoms with Crippen LogP contribution in [0.5, 0.6) is 0 Å². The Morgan fingerprint density at radius 3 is 2.86 bits per heavy atom. The zero-order chi connectivity index (χ0) is 15.5. The van der Waals surface area contributed by atoms with E-state index in [2.05, 4.69) is 10.3 Å². The summed E-state index contributed by atoms with van der Waals surface area (Å²) in [5.41, 5.74) is 0.712. The number of oxazole rings is 1. The minimum Gasteiger partial charge on any atom is -0.440 e. The van der Waals surface area contributed by atoms with Gasteiger partial charge in [-0.15, -0.1) is 11.3 Å². The molecule has 0 saturated heterocycles. The van der Waals surface area contributed by atoms with Crippen LogP contribution in [0.15, 0.2) is 46.2 Å². The molecule has 0 aliphatic carbocycles. The van der Waals surface area contributed by atoms with Crippen LogP contribution in [-0.4, -0.2) is 10.9 Å². The first-order chi connectivity index (χ1) is 10.6. The van der Waals surface area contributed by atoms with Gasteiger partial charge in [-0.05, 0) is 30.5 Å². The third-order valence-electron chi connectivity index (χ3n) is 3.10. The van der Waals surface area contributed by atoms with Crippen molar-refractivity contribution in [2.75, 3.05) is 5.32 Å². The molecule has 0 saturated carbocycles. The van der Waals surface area contributed by atoms with E-state index in [9.17, 15) is 9.18 Å². The summed E-state index contributed by atoms with van der Waals surface area (Å²) in [5, 5.41) is 4.47. The van der Waals surface area contributed by atoms with E-state index in [1.165, 1.54) is 23.5 Å². The van der Waals surface area contributed by atoms with Crippen LogP contribution in [0.3, 0.4) is 0 Å². The summed E-state index contributed by atoms with van der Waals surface area (Å²) < 4.78 is 19.1.